The molecule has 2 aromatic carbocycles. The van der Waals surface area contributed by atoms with Gasteiger partial charge in [-0.15, -0.1) is 0 Å². The molecular formula is C21H23FN2O3. The van der Waals surface area contributed by atoms with Gasteiger partial charge in [0, 0.05) is 18.7 Å². The number of fused-ring (bicyclic) bond motifs is 2. The average Bonchev–Trinajstić information content (AvgIpc) is 3.31. The smallest absolute Gasteiger partial charge is 0.258 e. The lowest BCUT2D eigenvalue weighted by molar-refractivity contribution is 0.102. The fraction of sp³-hybridized carbons (Fsp3) is 0.381. The molecule has 0 unspecified atom stereocenters. The third-order valence-corrected chi connectivity index (χ3v) is 5.59. The second kappa shape index (κ2) is 7.10. The minimum absolute atomic E-state index is 0.0783. The van der Waals surface area contributed by atoms with Gasteiger partial charge in [-0.3, -0.25) is 4.79 Å². The topological polar surface area (TPSA) is 50.8 Å². The number of methoxy groups -OCH3 is 2. The van der Waals surface area contributed by atoms with Crippen LogP contribution in [0.4, 0.5) is 15.8 Å². The molecule has 6 heteroatoms. The van der Waals surface area contributed by atoms with Gasteiger partial charge in [0.2, 0.25) is 0 Å². The van der Waals surface area contributed by atoms with Crippen molar-refractivity contribution in [3.8, 4) is 11.5 Å². The summed E-state index contributed by atoms with van der Waals surface area (Å²) < 4.78 is 24.7. The molecule has 1 amide bonds. The summed E-state index contributed by atoms with van der Waals surface area (Å²) in [7, 11) is 2.88. The Bertz CT molecular complexity index is 871. The second-order valence-corrected chi connectivity index (χ2v) is 7.14. The predicted octanol–water partition coefficient (Wildman–Crippen LogP) is 4.08. The van der Waals surface area contributed by atoms with Crippen molar-refractivity contribution in [3.63, 3.8) is 0 Å². The van der Waals surface area contributed by atoms with Gasteiger partial charge < -0.3 is 19.7 Å². The van der Waals surface area contributed by atoms with Gasteiger partial charge in [-0.05, 0) is 43.4 Å². The largest absolute Gasteiger partial charge is 0.493 e. The lowest BCUT2D eigenvalue weighted by Gasteiger charge is -2.31. The normalized spacial score (nSPS) is 20.6. The Hall–Kier alpha value is -2.76. The number of ether oxygens (including phenoxy) is 2. The summed E-state index contributed by atoms with van der Waals surface area (Å²) in [4.78, 5) is 15.1. The van der Waals surface area contributed by atoms with E-state index in [0.29, 0.717) is 17.5 Å². The summed E-state index contributed by atoms with van der Waals surface area (Å²) >= 11 is 0. The number of halogens is 1. The number of hydrogen-bond donors (Lipinski definition) is 1. The molecule has 142 valence electrons. The Labute approximate surface area is 158 Å². The van der Waals surface area contributed by atoms with Gasteiger partial charge >= 0.3 is 0 Å². The van der Waals surface area contributed by atoms with E-state index in [1.165, 1.54) is 45.6 Å². The van der Waals surface area contributed by atoms with Gasteiger partial charge in [-0.1, -0.05) is 12.1 Å². The van der Waals surface area contributed by atoms with Gasteiger partial charge in [0.15, 0.2) is 11.5 Å². The molecule has 0 radical (unpaired) electrons. The third-order valence-electron chi connectivity index (χ3n) is 5.59. The fourth-order valence-corrected chi connectivity index (χ4v) is 4.27. The molecule has 27 heavy (non-hydrogen) atoms. The minimum Gasteiger partial charge on any atom is -0.493 e. The van der Waals surface area contributed by atoms with Crippen molar-refractivity contribution in [1.82, 2.24) is 0 Å². The first-order valence-corrected chi connectivity index (χ1v) is 9.19. The van der Waals surface area contributed by atoms with Crippen molar-refractivity contribution in [1.29, 1.82) is 0 Å². The Kier molecular flexibility index (Phi) is 4.64. The highest BCUT2D eigenvalue weighted by Crippen LogP contribution is 2.42. The molecule has 0 aromatic heterocycles. The second-order valence-electron chi connectivity index (χ2n) is 7.14. The molecule has 1 aliphatic heterocycles. The number of piperidine rings is 1. The van der Waals surface area contributed by atoms with Gasteiger partial charge in [0.05, 0.1) is 31.2 Å². The van der Waals surface area contributed by atoms with Crippen LogP contribution in [0.5, 0.6) is 11.5 Å². The van der Waals surface area contributed by atoms with Crippen molar-refractivity contribution in [2.75, 3.05) is 31.0 Å². The van der Waals surface area contributed by atoms with E-state index in [1.54, 1.807) is 0 Å². The van der Waals surface area contributed by atoms with Crippen molar-refractivity contribution < 1.29 is 18.7 Å². The number of carbonyl (C=O) groups is 1. The highest BCUT2D eigenvalue weighted by Gasteiger charge is 2.38. The van der Waals surface area contributed by atoms with Gasteiger partial charge in [-0.25, -0.2) is 4.39 Å². The third kappa shape index (κ3) is 3.20. The number of para-hydroxylation sites is 2. The Morgan fingerprint density at radius 1 is 1.15 bits per heavy atom. The lowest BCUT2D eigenvalue weighted by atomic mass is 10.1. The standard InChI is InChI=1S/C21H23FN2O3/c1-26-19-10-15(16(22)11-20(19)27-2)21(25)23-17-5-3-4-6-18(17)24-12-13-7-8-14(24)9-13/h3-6,10-11,13-14H,7-9,12H2,1-2H3,(H,23,25)/t13-,14-/m0/s1. The van der Waals surface area contributed by atoms with Crippen LogP contribution in [-0.2, 0) is 0 Å². The molecule has 1 saturated heterocycles. The summed E-state index contributed by atoms with van der Waals surface area (Å²) in [5.74, 6) is 0.143. The molecule has 1 saturated carbocycles. The van der Waals surface area contributed by atoms with E-state index >= 15 is 0 Å². The molecule has 4 rings (SSSR count). The van der Waals surface area contributed by atoms with Gasteiger partial charge in [0.1, 0.15) is 5.82 Å². The monoisotopic (exact) mass is 370 g/mol. The molecule has 2 aromatic rings. The zero-order valence-corrected chi connectivity index (χ0v) is 15.5. The van der Waals surface area contributed by atoms with Crippen LogP contribution in [0.2, 0.25) is 0 Å². The first-order chi connectivity index (χ1) is 13.1. The van der Waals surface area contributed by atoms with E-state index in [9.17, 15) is 9.18 Å². The Morgan fingerprint density at radius 3 is 2.56 bits per heavy atom. The van der Waals surface area contributed by atoms with Crippen LogP contribution in [-0.4, -0.2) is 32.7 Å². The van der Waals surface area contributed by atoms with E-state index in [4.69, 9.17) is 9.47 Å². The minimum atomic E-state index is -0.650. The summed E-state index contributed by atoms with van der Waals surface area (Å²) in [6.07, 6.45) is 3.69. The Morgan fingerprint density at radius 2 is 1.89 bits per heavy atom. The van der Waals surface area contributed by atoms with E-state index in [-0.39, 0.29) is 11.3 Å². The van der Waals surface area contributed by atoms with Crippen LogP contribution in [0.1, 0.15) is 29.6 Å². The lowest BCUT2D eigenvalue weighted by Crippen LogP contribution is -2.32. The summed E-state index contributed by atoms with van der Waals surface area (Å²) in [6.45, 7) is 1.02. The van der Waals surface area contributed by atoms with E-state index in [2.05, 4.69) is 10.2 Å². The number of amides is 1. The zero-order chi connectivity index (χ0) is 19.0. The van der Waals surface area contributed by atoms with Crippen LogP contribution in [0.25, 0.3) is 0 Å². The summed E-state index contributed by atoms with van der Waals surface area (Å²) in [5, 5.41) is 2.88. The van der Waals surface area contributed by atoms with Crippen molar-refractivity contribution in [2.45, 2.75) is 25.3 Å². The molecule has 2 atom stereocenters. The zero-order valence-electron chi connectivity index (χ0n) is 15.5. The number of anilines is 2. The van der Waals surface area contributed by atoms with E-state index in [1.807, 2.05) is 24.3 Å². The number of rotatable bonds is 5. The molecule has 2 fully saturated rings. The number of hydrogen-bond acceptors (Lipinski definition) is 4. The maximum atomic E-state index is 14.4. The molecular weight excluding hydrogens is 347 g/mol. The molecule has 1 heterocycles. The first-order valence-electron chi connectivity index (χ1n) is 9.19. The van der Waals surface area contributed by atoms with Crippen molar-refractivity contribution in [2.24, 2.45) is 5.92 Å². The average molecular weight is 370 g/mol. The number of carbonyl (C=O) groups excluding carboxylic acids is 1. The highest BCUT2D eigenvalue weighted by atomic mass is 19.1. The summed E-state index contributed by atoms with van der Waals surface area (Å²) in [5.41, 5.74) is 1.62. The van der Waals surface area contributed by atoms with Crippen LogP contribution in [0.15, 0.2) is 36.4 Å². The quantitative estimate of drug-likeness (QED) is 0.862. The number of benzene rings is 2. The van der Waals surface area contributed by atoms with Crippen LogP contribution in [0, 0.1) is 11.7 Å². The van der Waals surface area contributed by atoms with Crippen molar-refractivity contribution in [3.05, 3.63) is 47.8 Å². The fourth-order valence-electron chi connectivity index (χ4n) is 4.27. The molecule has 2 aliphatic rings. The molecule has 2 bridgehead atoms. The van der Waals surface area contributed by atoms with Gasteiger partial charge in [0.25, 0.3) is 5.91 Å². The predicted molar refractivity (Wildman–Crippen MR) is 102 cm³/mol. The van der Waals surface area contributed by atoms with Crippen LogP contribution >= 0.6 is 0 Å². The molecule has 0 spiro atoms. The number of nitrogens with one attached hydrogen (secondary N) is 1. The molecule has 5 nitrogen and oxygen atoms in total. The first kappa shape index (κ1) is 17.6. The van der Waals surface area contributed by atoms with Crippen LogP contribution < -0.4 is 19.7 Å². The maximum absolute atomic E-state index is 14.4. The van der Waals surface area contributed by atoms with E-state index < -0.39 is 11.7 Å². The van der Waals surface area contributed by atoms with Crippen LogP contribution in [0.3, 0.4) is 0 Å². The Balaban J connectivity index is 1.61. The molecule has 1 N–H and O–H groups in total. The molecule has 1 aliphatic carbocycles. The summed E-state index contributed by atoms with van der Waals surface area (Å²) in [6, 6.07) is 10.8. The number of nitrogens with zero attached hydrogens (tertiary/aromatic N) is 1. The maximum Gasteiger partial charge on any atom is 0.258 e. The van der Waals surface area contributed by atoms with Gasteiger partial charge in [-0.2, -0.15) is 0 Å². The van der Waals surface area contributed by atoms with Crippen molar-refractivity contribution >= 4 is 17.3 Å². The SMILES string of the molecule is COc1cc(F)c(C(=O)Nc2ccccc2N2C[C@H]3CC[C@H]2C3)cc1OC. The van der Waals surface area contributed by atoms with E-state index in [0.717, 1.165) is 18.2 Å². The highest BCUT2D eigenvalue weighted by molar-refractivity contribution is 6.06.